The van der Waals surface area contributed by atoms with E-state index in [2.05, 4.69) is 10.1 Å². The maximum atomic E-state index is 11.1. The highest BCUT2D eigenvalue weighted by Gasteiger charge is 2.05. The molecule has 1 aromatic heterocycles. The molecule has 1 heterocycles. The van der Waals surface area contributed by atoms with E-state index in [0.717, 1.165) is 5.69 Å². The molecule has 2 aromatic rings. The van der Waals surface area contributed by atoms with Crippen LogP contribution < -0.4 is 5.69 Å². The van der Waals surface area contributed by atoms with Gasteiger partial charge in [-0.15, -0.1) is 0 Å². The van der Waals surface area contributed by atoms with Crippen molar-refractivity contribution >= 4 is 0 Å². The number of rotatable bonds is 2. The van der Waals surface area contributed by atoms with Gasteiger partial charge >= 0.3 is 5.69 Å². The SMILES string of the molecule is CCc1nc(=O)[nH]n1-c1ccc(C#N)cc1. The molecule has 0 spiro atoms. The van der Waals surface area contributed by atoms with Crippen molar-refractivity contribution in [3.05, 3.63) is 46.1 Å². The second-order valence-electron chi connectivity index (χ2n) is 3.29. The van der Waals surface area contributed by atoms with E-state index in [9.17, 15) is 4.79 Å². The quantitative estimate of drug-likeness (QED) is 0.810. The minimum Gasteiger partial charge on any atom is -0.244 e. The molecule has 1 aromatic carbocycles. The Hall–Kier alpha value is -2.35. The normalized spacial score (nSPS) is 10.0. The summed E-state index contributed by atoms with van der Waals surface area (Å²) < 4.78 is 1.63. The Kier molecular flexibility index (Phi) is 2.56. The van der Waals surface area contributed by atoms with Crippen molar-refractivity contribution < 1.29 is 0 Å². The summed E-state index contributed by atoms with van der Waals surface area (Å²) >= 11 is 0. The second kappa shape index (κ2) is 4.03. The van der Waals surface area contributed by atoms with Gasteiger partial charge in [0.05, 0.1) is 17.3 Å². The Morgan fingerprint density at radius 2 is 2.12 bits per heavy atom. The van der Waals surface area contributed by atoms with Crippen LogP contribution in [0.3, 0.4) is 0 Å². The van der Waals surface area contributed by atoms with Gasteiger partial charge in [-0.3, -0.25) is 0 Å². The largest absolute Gasteiger partial charge is 0.361 e. The summed E-state index contributed by atoms with van der Waals surface area (Å²) in [4.78, 5) is 15.0. The molecule has 0 aliphatic heterocycles. The average molecular weight is 214 g/mol. The zero-order valence-electron chi connectivity index (χ0n) is 8.77. The molecule has 16 heavy (non-hydrogen) atoms. The van der Waals surface area contributed by atoms with Crippen molar-refractivity contribution in [1.29, 1.82) is 5.26 Å². The maximum absolute atomic E-state index is 11.1. The first-order valence-corrected chi connectivity index (χ1v) is 4.93. The fourth-order valence-corrected chi connectivity index (χ4v) is 1.49. The molecular formula is C11H10N4O. The number of hydrogen-bond donors (Lipinski definition) is 1. The van der Waals surface area contributed by atoms with Gasteiger partial charge in [0.1, 0.15) is 5.82 Å². The zero-order valence-corrected chi connectivity index (χ0v) is 8.77. The molecule has 5 heteroatoms. The summed E-state index contributed by atoms with van der Waals surface area (Å²) in [6, 6.07) is 8.99. The standard InChI is InChI=1S/C11H10N4O/c1-2-10-13-11(16)14-15(10)9-5-3-8(7-12)4-6-9/h3-6H,2H2,1H3,(H,14,16). The first kappa shape index (κ1) is 10.2. The average Bonchev–Trinajstić information content (AvgIpc) is 2.70. The minimum atomic E-state index is -0.360. The molecule has 0 aliphatic carbocycles. The Morgan fingerprint density at radius 1 is 1.44 bits per heavy atom. The number of H-pyrrole nitrogens is 1. The van der Waals surface area contributed by atoms with Gasteiger partial charge in [0.25, 0.3) is 0 Å². The van der Waals surface area contributed by atoms with Gasteiger partial charge in [0, 0.05) is 6.42 Å². The highest BCUT2D eigenvalue weighted by Crippen LogP contribution is 2.09. The number of aromatic nitrogens is 3. The Labute approximate surface area is 92.0 Å². The van der Waals surface area contributed by atoms with Crippen LogP contribution in [0.2, 0.25) is 0 Å². The summed E-state index contributed by atoms with van der Waals surface area (Å²) in [7, 11) is 0. The molecule has 0 atom stereocenters. The van der Waals surface area contributed by atoms with Crippen LogP contribution >= 0.6 is 0 Å². The van der Waals surface area contributed by atoms with E-state index in [-0.39, 0.29) is 5.69 Å². The lowest BCUT2D eigenvalue weighted by Gasteiger charge is -2.04. The Balaban J connectivity index is 2.50. The van der Waals surface area contributed by atoms with Crippen LogP contribution in [0.1, 0.15) is 18.3 Å². The van der Waals surface area contributed by atoms with Crippen molar-refractivity contribution in [3.8, 4) is 11.8 Å². The molecule has 0 bridgehead atoms. The topological polar surface area (TPSA) is 74.5 Å². The van der Waals surface area contributed by atoms with Gasteiger partial charge in [-0.1, -0.05) is 6.92 Å². The summed E-state index contributed by atoms with van der Waals surface area (Å²) in [6.07, 6.45) is 0.665. The molecule has 0 amide bonds. The van der Waals surface area contributed by atoms with Crippen molar-refractivity contribution in [1.82, 2.24) is 14.8 Å². The maximum Gasteiger partial charge on any atom is 0.361 e. The minimum absolute atomic E-state index is 0.360. The lowest BCUT2D eigenvalue weighted by molar-refractivity contribution is 0.797. The van der Waals surface area contributed by atoms with Gasteiger partial charge in [-0.05, 0) is 24.3 Å². The van der Waals surface area contributed by atoms with E-state index >= 15 is 0 Å². The fraction of sp³-hybridized carbons (Fsp3) is 0.182. The summed E-state index contributed by atoms with van der Waals surface area (Å²) in [5, 5.41) is 11.3. The predicted molar refractivity (Wildman–Crippen MR) is 58.3 cm³/mol. The van der Waals surface area contributed by atoms with Crippen molar-refractivity contribution in [3.63, 3.8) is 0 Å². The van der Waals surface area contributed by atoms with Crippen molar-refractivity contribution in [2.24, 2.45) is 0 Å². The number of aromatic amines is 1. The van der Waals surface area contributed by atoms with Crippen LogP contribution in [0.15, 0.2) is 29.1 Å². The van der Waals surface area contributed by atoms with E-state index in [1.54, 1.807) is 28.9 Å². The molecule has 0 radical (unpaired) electrons. The highest BCUT2D eigenvalue weighted by molar-refractivity contribution is 5.39. The molecule has 1 N–H and O–H groups in total. The molecule has 0 saturated carbocycles. The summed E-state index contributed by atoms with van der Waals surface area (Å²) in [5.74, 6) is 0.676. The number of nitrogens with zero attached hydrogens (tertiary/aromatic N) is 3. The van der Waals surface area contributed by atoms with E-state index in [0.29, 0.717) is 17.8 Å². The third kappa shape index (κ3) is 1.73. The van der Waals surface area contributed by atoms with Crippen LogP contribution in [-0.2, 0) is 6.42 Å². The van der Waals surface area contributed by atoms with Crippen molar-refractivity contribution in [2.45, 2.75) is 13.3 Å². The van der Waals surface area contributed by atoms with Crippen molar-refractivity contribution in [2.75, 3.05) is 0 Å². The van der Waals surface area contributed by atoms with Gasteiger partial charge in [0.2, 0.25) is 0 Å². The molecule has 0 fully saturated rings. The zero-order chi connectivity index (χ0) is 11.5. The van der Waals surface area contributed by atoms with Gasteiger partial charge in [0.15, 0.2) is 0 Å². The number of nitriles is 1. The first-order valence-electron chi connectivity index (χ1n) is 4.93. The number of nitrogens with one attached hydrogen (secondary N) is 1. The molecule has 2 rings (SSSR count). The van der Waals surface area contributed by atoms with Crippen LogP contribution in [0.25, 0.3) is 5.69 Å². The lowest BCUT2D eigenvalue weighted by Crippen LogP contribution is -2.05. The number of hydrogen-bond acceptors (Lipinski definition) is 3. The molecule has 0 aliphatic rings. The summed E-state index contributed by atoms with van der Waals surface area (Å²) in [6.45, 7) is 1.93. The van der Waals surface area contributed by atoms with Crippen LogP contribution in [0, 0.1) is 11.3 Å². The van der Waals surface area contributed by atoms with Crippen LogP contribution in [0.5, 0.6) is 0 Å². The van der Waals surface area contributed by atoms with Crippen LogP contribution in [-0.4, -0.2) is 14.8 Å². The van der Waals surface area contributed by atoms with E-state index in [4.69, 9.17) is 5.26 Å². The Morgan fingerprint density at radius 3 is 2.69 bits per heavy atom. The smallest absolute Gasteiger partial charge is 0.244 e. The Bertz CT molecular complexity index is 586. The predicted octanol–water partition coefficient (Wildman–Crippen LogP) is 0.995. The van der Waals surface area contributed by atoms with E-state index in [1.165, 1.54) is 0 Å². The monoisotopic (exact) mass is 214 g/mol. The van der Waals surface area contributed by atoms with Gasteiger partial charge < -0.3 is 0 Å². The van der Waals surface area contributed by atoms with Crippen LogP contribution in [0.4, 0.5) is 0 Å². The number of aryl methyl sites for hydroxylation is 1. The fourth-order valence-electron chi connectivity index (χ4n) is 1.49. The van der Waals surface area contributed by atoms with Gasteiger partial charge in [-0.25, -0.2) is 14.6 Å². The third-order valence-electron chi connectivity index (χ3n) is 2.27. The molecule has 80 valence electrons. The molecular weight excluding hydrogens is 204 g/mol. The first-order chi connectivity index (χ1) is 7.74. The molecule has 0 saturated heterocycles. The molecule has 5 nitrogen and oxygen atoms in total. The molecule has 0 unspecified atom stereocenters. The summed E-state index contributed by atoms with van der Waals surface area (Å²) in [5.41, 5.74) is 1.02. The van der Waals surface area contributed by atoms with E-state index < -0.39 is 0 Å². The highest BCUT2D eigenvalue weighted by atomic mass is 16.1. The lowest BCUT2D eigenvalue weighted by atomic mass is 10.2. The van der Waals surface area contributed by atoms with E-state index in [1.807, 2.05) is 13.0 Å². The second-order valence-corrected chi connectivity index (χ2v) is 3.29. The van der Waals surface area contributed by atoms with Gasteiger partial charge in [-0.2, -0.15) is 10.2 Å². The number of benzene rings is 1. The third-order valence-corrected chi connectivity index (χ3v) is 2.27.